The number of carbonyl (C=O) groups excluding carboxylic acids is 1. The minimum absolute atomic E-state index is 0.0179. The molecule has 0 rings (SSSR count). The van der Waals surface area contributed by atoms with E-state index in [9.17, 15) is 4.79 Å². The molecule has 0 saturated carbocycles. The van der Waals surface area contributed by atoms with Gasteiger partial charge in [-0.05, 0) is 41.0 Å². The highest BCUT2D eigenvalue weighted by Gasteiger charge is 2.22. The topological polar surface area (TPSA) is 47.6 Å². The van der Waals surface area contributed by atoms with Crippen LogP contribution in [-0.4, -0.2) is 36.9 Å². The van der Waals surface area contributed by atoms with Crippen molar-refractivity contribution in [3.8, 4) is 0 Å². The lowest BCUT2D eigenvalue weighted by Gasteiger charge is -2.25. The highest BCUT2D eigenvalue weighted by Crippen LogP contribution is 2.06. The summed E-state index contributed by atoms with van der Waals surface area (Å²) in [7, 11) is 0. The van der Waals surface area contributed by atoms with E-state index in [4.69, 9.17) is 9.47 Å². The van der Waals surface area contributed by atoms with Crippen LogP contribution < -0.4 is 5.32 Å². The zero-order valence-corrected chi connectivity index (χ0v) is 12.0. The lowest BCUT2D eigenvalue weighted by atomic mass is 10.1. The van der Waals surface area contributed by atoms with Gasteiger partial charge >= 0.3 is 0 Å². The Balaban J connectivity index is 4.12. The Morgan fingerprint density at radius 3 is 2.29 bits per heavy atom. The summed E-state index contributed by atoms with van der Waals surface area (Å²) < 4.78 is 11.0. The van der Waals surface area contributed by atoms with Crippen molar-refractivity contribution in [3.05, 3.63) is 0 Å². The van der Waals surface area contributed by atoms with Crippen LogP contribution >= 0.6 is 0 Å². The van der Waals surface area contributed by atoms with Gasteiger partial charge in [-0.15, -0.1) is 0 Å². The Kier molecular flexibility index (Phi) is 7.39. The molecule has 0 bridgehead atoms. The predicted molar refractivity (Wildman–Crippen MR) is 69.0 cm³/mol. The second-order valence-corrected chi connectivity index (χ2v) is 5.21. The van der Waals surface area contributed by atoms with Crippen LogP contribution in [0.2, 0.25) is 0 Å². The molecule has 2 atom stereocenters. The van der Waals surface area contributed by atoms with Crippen molar-refractivity contribution in [2.45, 2.75) is 65.7 Å². The second-order valence-electron chi connectivity index (χ2n) is 5.21. The maximum Gasteiger partial charge on any atom is 0.249 e. The number of amides is 1. The molecule has 0 aliphatic carbocycles. The van der Waals surface area contributed by atoms with Crippen molar-refractivity contribution in [1.82, 2.24) is 5.32 Å². The second kappa shape index (κ2) is 7.67. The molecule has 1 N–H and O–H groups in total. The van der Waals surface area contributed by atoms with E-state index < -0.39 is 6.10 Å². The Morgan fingerprint density at radius 1 is 1.29 bits per heavy atom. The highest BCUT2D eigenvalue weighted by atomic mass is 16.5. The van der Waals surface area contributed by atoms with Gasteiger partial charge in [-0.3, -0.25) is 4.79 Å². The first kappa shape index (κ1) is 16.4. The maximum absolute atomic E-state index is 11.8. The van der Waals surface area contributed by atoms with Crippen LogP contribution in [0.4, 0.5) is 0 Å². The Hall–Kier alpha value is -0.610. The van der Waals surface area contributed by atoms with E-state index in [1.54, 1.807) is 6.92 Å². The summed E-state index contributed by atoms with van der Waals surface area (Å²) in [6.45, 7) is 12.8. The molecule has 17 heavy (non-hydrogen) atoms. The van der Waals surface area contributed by atoms with Crippen molar-refractivity contribution >= 4 is 5.91 Å². The van der Waals surface area contributed by atoms with Crippen molar-refractivity contribution in [1.29, 1.82) is 0 Å². The van der Waals surface area contributed by atoms with E-state index in [0.717, 1.165) is 6.42 Å². The van der Waals surface area contributed by atoms with Gasteiger partial charge in [0.1, 0.15) is 6.10 Å². The molecule has 0 aliphatic rings. The van der Waals surface area contributed by atoms with Crippen LogP contribution in [0.3, 0.4) is 0 Å². The number of rotatable bonds is 7. The van der Waals surface area contributed by atoms with Crippen LogP contribution in [0, 0.1) is 0 Å². The van der Waals surface area contributed by atoms with Crippen molar-refractivity contribution in [3.63, 3.8) is 0 Å². The summed E-state index contributed by atoms with van der Waals surface area (Å²) in [6.07, 6.45) is 0.378. The minimum atomic E-state index is -0.445. The largest absolute Gasteiger partial charge is 0.379 e. The molecule has 4 nitrogen and oxygen atoms in total. The number of hydrogen-bond donors (Lipinski definition) is 1. The highest BCUT2D eigenvalue weighted by molar-refractivity contribution is 5.80. The van der Waals surface area contributed by atoms with Gasteiger partial charge in [0, 0.05) is 12.1 Å². The summed E-state index contributed by atoms with van der Waals surface area (Å²) >= 11 is 0. The molecule has 0 aromatic heterocycles. The monoisotopic (exact) mass is 245 g/mol. The number of nitrogens with one attached hydrogen (secondary N) is 1. The predicted octanol–water partition coefficient (Wildman–Crippen LogP) is 2.12. The molecule has 0 aromatic rings. The third-order valence-electron chi connectivity index (χ3n) is 2.23. The van der Waals surface area contributed by atoms with Gasteiger partial charge in [-0.1, -0.05) is 6.92 Å². The lowest BCUT2D eigenvalue weighted by molar-refractivity contribution is -0.139. The summed E-state index contributed by atoms with van der Waals surface area (Å²) in [4.78, 5) is 11.8. The summed E-state index contributed by atoms with van der Waals surface area (Å²) in [5, 5.41) is 2.90. The van der Waals surface area contributed by atoms with E-state index in [2.05, 4.69) is 5.32 Å². The molecular weight excluding hydrogens is 218 g/mol. The smallest absolute Gasteiger partial charge is 0.249 e. The molecule has 0 radical (unpaired) electrons. The van der Waals surface area contributed by atoms with E-state index in [1.165, 1.54) is 0 Å². The number of ether oxygens (including phenoxy) is 2. The average Bonchev–Trinajstić information content (AvgIpc) is 2.21. The van der Waals surface area contributed by atoms with E-state index >= 15 is 0 Å². The third kappa shape index (κ3) is 8.16. The van der Waals surface area contributed by atoms with Crippen molar-refractivity contribution in [2.24, 2.45) is 0 Å². The van der Waals surface area contributed by atoms with Crippen LogP contribution in [0.5, 0.6) is 0 Å². The Bertz CT molecular complexity index is 223. The first-order valence-electron chi connectivity index (χ1n) is 6.35. The molecule has 1 amide bonds. The summed E-state index contributed by atoms with van der Waals surface area (Å²) in [5.41, 5.74) is -0.226. The molecule has 0 fully saturated rings. The molecule has 0 aliphatic heterocycles. The van der Waals surface area contributed by atoms with Gasteiger partial charge < -0.3 is 14.8 Å². The van der Waals surface area contributed by atoms with Gasteiger partial charge in [0.2, 0.25) is 5.91 Å². The maximum atomic E-state index is 11.8. The zero-order chi connectivity index (χ0) is 13.5. The molecule has 0 spiro atoms. The fourth-order valence-electron chi connectivity index (χ4n) is 1.32. The van der Waals surface area contributed by atoms with Crippen molar-refractivity contribution in [2.75, 3.05) is 13.2 Å². The average molecular weight is 245 g/mol. The molecule has 2 unspecified atom stereocenters. The fraction of sp³-hybridized carbons (Fsp3) is 0.923. The number of hydrogen-bond acceptors (Lipinski definition) is 3. The standard InChI is InChI=1S/C13H27NO3/c1-7-11(9-16-8-2)17-10(3)12(15)14-13(4,5)6/h10-11H,7-9H2,1-6H3,(H,14,15). The van der Waals surface area contributed by atoms with E-state index in [1.807, 2.05) is 34.6 Å². The Labute approximate surface area is 105 Å². The van der Waals surface area contributed by atoms with E-state index in [0.29, 0.717) is 13.2 Å². The van der Waals surface area contributed by atoms with Crippen LogP contribution in [-0.2, 0) is 14.3 Å². The molecule has 0 heterocycles. The SMILES string of the molecule is CCOCC(CC)OC(C)C(=O)NC(C)(C)C. The fourth-order valence-corrected chi connectivity index (χ4v) is 1.32. The van der Waals surface area contributed by atoms with E-state index in [-0.39, 0.29) is 17.6 Å². The summed E-state index contributed by atoms with van der Waals surface area (Å²) in [6, 6.07) is 0. The first-order chi connectivity index (χ1) is 7.80. The third-order valence-corrected chi connectivity index (χ3v) is 2.23. The number of carbonyl (C=O) groups is 1. The molecule has 102 valence electrons. The molecule has 4 heteroatoms. The van der Waals surface area contributed by atoms with Crippen LogP contribution in [0.25, 0.3) is 0 Å². The van der Waals surface area contributed by atoms with Gasteiger partial charge in [0.25, 0.3) is 0 Å². The quantitative estimate of drug-likeness (QED) is 0.747. The van der Waals surface area contributed by atoms with Gasteiger partial charge in [0.15, 0.2) is 0 Å². The Morgan fingerprint density at radius 2 is 1.88 bits per heavy atom. The van der Waals surface area contributed by atoms with Gasteiger partial charge in [0.05, 0.1) is 12.7 Å². The van der Waals surface area contributed by atoms with Gasteiger partial charge in [-0.25, -0.2) is 0 Å². The van der Waals surface area contributed by atoms with Gasteiger partial charge in [-0.2, -0.15) is 0 Å². The zero-order valence-electron chi connectivity index (χ0n) is 12.0. The molecular formula is C13H27NO3. The van der Waals surface area contributed by atoms with Crippen molar-refractivity contribution < 1.29 is 14.3 Å². The lowest BCUT2D eigenvalue weighted by Crippen LogP contribution is -2.46. The van der Waals surface area contributed by atoms with Crippen LogP contribution in [0.1, 0.15) is 48.0 Å². The first-order valence-corrected chi connectivity index (χ1v) is 6.35. The molecule has 0 saturated heterocycles. The van der Waals surface area contributed by atoms with Crippen LogP contribution in [0.15, 0.2) is 0 Å². The summed E-state index contributed by atoms with van der Waals surface area (Å²) in [5.74, 6) is -0.0764. The molecule has 0 aromatic carbocycles. The normalized spacial score (nSPS) is 15.4. The minimum Gasteiger partial charge on any atom is -0.379 e.